The summed E-state index contributed by atoms with van der Waals surface area (Å²) in [4.78, 5) is 42.8. The van der Waals surface area contributed by atoms with Gasteiger partial charge < -0.3 is 14.6 Å². The molecule has 1 aliphatic carbocycles. The van der Waals surface area contributed by atoms with Crippen molar-refractivity contribution in [2.75, 3.05) is 12.4 Å². The molecule has 3 aromatic rings. The van der Waals surface area contributed by atoms with E-state index >= 15 is 0 Å². The third-order valence-corrected chi connectivity index (χ3v) is 6.97. The zero-order valence-electron chi connectivity index (χ0n) is 18.6. The molecule has 0 radical (unpaired) electrons. The number of methoxy groups -OCH3 is 1. The van der Waals surface area contributed by atoms with Crippen LogP contribution in [0.15, 0.2) is 27.8 Å². The number of rotatable bonds is 5. The maximum absolute atomic E-state index is 13.3. The Morgan fingerprint density at radius 2 is 1.94 bits per heavy atom. The lowest BCUT2D eigenvalue weighted by Gasteiger charge is -2.28. The summed E-state index contributed by atoms with van der Waals surface area (Å²) in [5.41, 5.74) is 0.352. The molecule has 0 unspecified atom stereocenters. The van der Waals surface area contributed by atoms with Gasteiger partial charge in [-0.15, -0.1) is 0 Å². The van der Waals surface area contributed by atoms with Crippen molar-refractivity contribution in [1.29, 1.82) is 0 Å². The Morgan fingerprint density at radius 3 is 2.64 bits per heavy atom. The molecule has 1 aliphatic rings. The average molecular weight is 494 g/mol. The molecule has 1 fully saturated rings. The van der Waals surface area contributed by atoms with E-state index in [-0.39, 0.29) is 24.5 Å². The van der Waals surface area contributed by atoms with Crippen molar-refractivity contribution in [2.24, 2.45) is 20.0 Å². The first-order valence-electron chi connectivity index (χ1n) is 10.7. The number of hydrogen-bond acceptors (Lipinski definition) is 6. The molecular weight excluding hydrogens is 469 g/mol. The summed E-state index contributed by atoms with van der Waals surface area (Å²) in [7, 11) is 4.71. The Hall–Kier alpha value is -2.78. The Labute approximate surface area is 199 Å². The highest BCUT2D eigenvalue weighted by atomic mass is 35.5. The molecule has 2 atom stereocenters. The highest BCUT2D eigenvalue weighted by Gasteiger charge is 2.29. The summed E-state index contributed by atoms with van der Waals surface area (Å²) in [6.45, 7) is 0.0513. The van der Waals surface area contributed by atoms with Crippen molar-refractivity contribution in [3.63, 3.8) is 0 Å². The predicted molar refractivity (Wildman–Crippen MR) is 127 cm³/mol. The number of imidazole rings is 1. The van der Waals surface area contributed by atoms with E-state index in [2.05, 4.69) is 10.3 Å². The number of ether oxygens (including phenoxy) is 1. The third-order valence-electron chi connectivity index (χ3n) is 6.23. The molecule has 1 aromatic carbocycles. The number of esters is 1. The lowest BCUT2D eigenvalue weighted by Crippen LogP contribution is -2.39. The monoisotopic (exact) mass is 493 g/mol. The fourth-order valence-electron chi connectivity index (χ4n) is 4.42. The van der Waals surface area contributed by atoms with E-state index in [9.17, 15) is 14.4 Å². The number of aromatic nitrogens is 4. The summed E-state index contributed by atoms with van der Waals surface area (Å²) in [6, 6.07) is 5.00. The number of benzene rings is 1. The van der Waals surface area contributed by atoms with Gasteiger partial charge in [0.25, 0.3) is 5.56 Å². The topological polar surface area (TPSA) is 100 Å². The van der Waals surface area contributed by atoms with Crippen molar-refractivity contribution in [2.45, 2.75) is 38.3 Å². The molecule has 1 N–H and O–H groups in total. The molecule has 33 heavy (non-hydrogen) atoms. The maximum atomic E-state index is 13.3. The van der Waals surface area contributed by atoms with E-state index in [1.54, 1.807) is 36.9 Å². The minimum Gasteiger partial charge on any atom is -0.469 e. The molecule has 0 amide bonds. The smallest absolute Gasteiger partial charge is 0.332 e. The minimum absolute atomic E-state index is 0.00817. The summed E-state index contributed by atoms with van der Waals surface area (Å²) < 4.78 is 9.06. The number of aryl methyl sites for hydroxylation is 2. The van der Waals surface area contributed by atoms with E-state index in [0.29, 0.717) is 39.1 Å². The molecule has 9 nitrogen and oxygen atoms in total. The number of fused-ring (bicyclic) bond motifs is 1. The largest absolute Gasteiger partial charge is 0.469 e. The third kappa shape index (κ3) is 4.39. The fourth-order valence-corrected chi connectivity index (χ4v) is 4.74. The van der Waals surface area contributed by atoms with E-state index in [1.807, 2.05) is 0 Å². The molecule has 2 heterocycles. The first-order chi connectivity index (χ1) is 15.7. The van der Waals surface area contributed by atoms with Crippen LogP contribution in [0.5, 0.6) is 0 Å². The van der Waals surface area contributed by atoms with Crippen molar-refractivity contribution in [3.8, 4) is 0 Å². The number of nitrogens with one attached hydrogen (secondary N) is 1. The molecule has 4 rings (SSSR count). The molecule has 11 heteroatoms. The Morgan fingerprint density at radius 1 is 1.18 bits per heavy atom. The number of anilines is 1. The van der Waals surface area contributed by atoms with Gasteiger partial charge in [-0.1, -0.05) is 35.7 Å². The van der Waals surface area contributed by atoms with Crippen molar-refractivity contribution < 1.29 is 9.53 Å². The number of hydrogen-bond donors (Lipinski definition) is 1. The molecule has 176 valence electrons. The average Bonchev–Trinajstić information content (AvgIpc) is 3.13. The SMILES string of the molecule is COC(=O)[C@H]1CCC[C@@H](Nc2nc3c(c(=O)n(Cc4ccc(Cl)c(Cl)c4)c(=O)n3C)n2C)C1. The van der Waals surface area contributed by atoms with Crippen LogP contribution in [0.1, 0.15) is 31.2 Å². The van der Waals surface area contributed by atoms with Crippen LogP contribution < -0.4 is 16.6 Å². The standard InChI is InChI=1S/C22H25Cl2N5O4/c1-27-17-18(26-21(27)25-14-6-4-5-13(10-14)20(31)33-3)28(2)22(32)29(19(17)30)11-12-7-8-15(23)16(24)9-12/h7-9,13-14H,4-6,10-11H2,1-3H3,(H,25,26)/t13-,14+/m0/s1. The van der Waals surface area contributed by atoms with Crippen molar-refractivity contribution in [1.82, 2.24) is 18.7 Å². The van der Waals surface area contributed by atoms with E-state index < -0.39 is 11.2 Å². The van der Waals surface area contributed by atoms with Gasteiger partial charge in [-0.25, -0.2) is 4.79 Å². The van der Waals surface area contributed by atoms with Gasteiger partial charge >= 0.3 is 11.7 Å². The Kier molecular flexibility index (Phi) is 6.54. The van der Waals surface area contributed by atoms with Gasteiger partial charge in [-0.3, -0.25) is 18.7 Å². The summed E-state index contributed by atoms with van der Waals surface area (Å²) in [5.74, 6) is 0.0997. The quantitative estimate of drug-likeness (QED) is 0.548. The highest BCUT2D eigenvalue weighted by Crippen LogP contribution is 2.28. The zero-order chi connectivity index (χ0) is 23.9. The number of nitrogens with zero attached hydrogens (tertiary/aromatic N) is 4. The Balaban J connectivity index is 1.70. The fraction of sp³-hybridized carbons (Fsp3) is 0.455. The van der Waals surface area contributed by atoms with Crippen LogP contribution in [0.4, 0.5) is 5.95 Å². The number of carbonyl (C=O) groups excluding carboxylic acids is 1. The first-order valence-corrected chi connectivity index (χ1v) is 11.4. The second-order valence-electron chi connectivity index (χ2n) is 8.38. The van der Waals surface area contributed by atoms with Gasteiger partial charge in [0.05, 0.1) is 29.6 Å². The molecule has 1 saturated carbocycles. The van der Waals surface area contributed by atoms with Crippen LogP contribution in [-0.4, -0.2) is 37.8 Å². The Bertz CT molecular complexity index is 1340. The van der Waals surface area contributed by atoms with Crippen LogP contribution in [0.2, 0.25) is 10.0 Å². The van der Waals surface area contributed by atoms with Crippen LogP contribution >= 0.6 is 23.2 Å². The second kappa shape index (κ2) is 9.23. The van der Waals surface area contributed by atoms with Crippen LogP contribution in [0, 0.1) is 5.92 Å². The van der Waals surface area contributed by atoms with E-state index in [4.69, 9.17) is 27.9 Å². The van der Waals surface area contributed by atoms with Gasteiger partial charge in [-0.05, 0) is 37.0 Å². The van der Waals surface area contributed by atoms with Crippen LogP contribution in [0.3, 0.4) is 0 Å². The number of carbonyl (C=O) groups is 1. The van der Waals surface area contributed by atoms with E-state index in [0.717, 1.165) is 23.8 Å². The summed E-state index contributed by atoms with van der Waals surface area (Å²) in [5, 5.41) is 4.10. The molecular formula is C22H25Cl2N5O4. The summed E-state index contributed by atoms with van der Waals surface area (Å²) >= 11 is 12.1. The van der Waals surface area contributed by atoms with Gasteiger partial charge in [0.1, 0.15) is 0 Å². The molecule has 0 aliphatic heterocycles. The van der Waals surface area contributed by atoms with Gasteiger partial charge in [0.2, 0.25) is 5.95 Å². The normalized spacial score (nSPS) is 18.5. The summed E-state index contributed by atoms with van der Waals surface area (Å²) in [6.07, 6.45) is 3.17. The van der Waals surface area contributed by atoms with Crippen LogP contribution in [-0.2, 0) is 30.2 Å². The first kappa shape index (κ1) is 23.4. The predicted octanol–water partition coefficient (Wildman–Crippen LogP) is 2.93. The lowest BCUT2D eigenvalue weighted by molar-refractivity contribution is -0.146. The van der Waals surface area contributed by atoms with Gasteiger partial charge in [0.15, 0.2) is 11.2 Å². The van der Waals surface area contributed by atoms with Crippen LogP contribution in [0.25, 0.3) is 11.2 Å². The molecule has 0 bridgehead atoms. The second-order valence-corrected chi connectivity index (χ2v) is 9.19. The zero-order valence-corrected chi connectivity index (χ0v) is 20.1. The lowest BCUT2D eigenvalue weighted by atomic mass is 9.86. The molecule has 0 spiro atoms. The minimum atomic E-state index is -0.480. The van der Waals surface area contributed by atoms with E-state index in [1.165, 1.54) is 11.7 Å². The van der Waals surface area contributed by atoms with Crippen molar-refractivity contribution >= 4 is 46.3 Å². The highest BCUT2D eigenvalue weighted by molar-refractivity contribution is 6.42. The number of halogens is 2. The maximum Gasteiger partial charge on any atom is 0.332 e. The molecule has 0 saturated heterocycles. The van der Waals surface area contributed by atoms with Gasteiger partial charge in [0, 0.05) is 20.1 Å². The molecule has 2 aromatic heterocycles. The van der Waals surface area contributed by atoms with Gasteiger partial charge in [-0.2, -0.15) is 4.98 Å². The van der Waals surface area contributed by atoms with Crippen molar-refractivity contribution in [3.05, 3.63) is 54.6 Å².